The number of hydrogen-bond acceptors (Lipinski definition) is 6. The molecule has 0 fully saturated rings. The van der Waals surface area contributed by atoms with Gasteiger partial charge in [0.25, 0.3) is 0 Å². The van der Waals surface area contributed by atoms with E-state index in [-0.39, 0.29) is 5.91 Å². The van der Waals surface area contributed by atoms with Crippen LogP contribution in [-0.4, -0.2) is 43.1 Å². The van der Waals surface area contributed by atoms with Crippen LogP contribution in [-0.2, 0) is 18.4 Å². The van der Waals surface area contributed by atoms with Gasteiger partial charge in [0.1, 0.15) is 5.01 Å². The highest BCUT2D eigenvalue weighted by Gasteiger charge is 2.17. The van der Waals surface area contributed by atoms with Crippen LogP contribution < -0.4 is 0 Å². The summed E-state index contributed by atoms with van der Waals surface area (Å²) in [5.41, 5.74) is 1.05. The molecular formula is C14H21N5OS2. The van der Waals surface area contributed by atoms with Crippen LogP contribution in [0.2, 0.25) is 0 Å². The molecule has 0 spiro atoms. The fourth-order valence-electron chi connectivity index (χ4n) is 2.02. The molecule has 120 valence electrons. The van der Waals surface area contributed by atoms with E-state index in [1.54, 1.807) is 4.68 Å². The molecule has 8 heteroatoms. The maximum atomic E-state index is 12.5. The number of carbonyl (C=O) groups is 1. The minimum absolute atomic E-state index is 0.121. The summed E-state index contributed by atoms with van der Waals surface area (Å²) in [6.45, 7) is 7.48. The monoisotopic (exact) mass is 339 g/mol. The SMILES string of the molecule is Cc1nnc(SCC(=O)N(Cc2cnn(C)c2)CC(C)C)s1. The first-order chi connectivity index (χ1) is 10.4. The summed E-state index contributed by atoms with van der Waals surface area (Å²) in [6.07, 6.45) is 3.75. The molecule has 0 unspecified atom stereocenters. The predicted molar refractivity (Wildman–Crippen MR) is 88.8 cm³/mol. The van der Waals surface area contributed by atoms with Gasteiger partial charge in [0.2, 0.25) is 5.91 Å². The van der Waals surface area contributed by atoms with E-state index in [1.807, 2.05) is 31.3 Å². The zero-order valence-corrected chi connectivity index (χ0v) is 14.9. The molecule has 1 amide bonds. The van der Waals surface area contributed by atoms with Gasteiger partial charge >= 0.3 is 0 Å². The zero-order valence-electron chi connectivity index (χ0n) is 13.3. The van der Waals surface area contributed by atoms with Gasteiger partial charge in [-0.25, -0.2) is 0 Å². The highest BCUT2D eigenvalue weighted by Crippen LogP contribution is 2.22. The van der Waals surface area contributed by atoms with Crippen LogP contribution >= 0.6 is 23.1 Å². The number of aromatic nitrogens is 4. The molecule has 0 aliphatic heterocycles. The highest BCUT2D eigenvalue weighted by molar-refractivity contribution is 8.01. The second-order valence-electron chi connectivity index (χ2n) is 5.57. The Morgan fingerprint density at radius 3 is 2.77 bits per heavy atom. The molecule has 0 aliphatic carbocycles. The Kier molecular flexibility index (Phi) is 5.96. The van der Waals surface area contributed by atoms with Crippen LogP contribution in [0.4, 0.5) is 0 Å². The Balaban J connectivity index is 1.96. The molecule has 0 saturated carbocycles. The fraction of sp³-hybridized carbons (Fsp3) is 0.571. The van der Waals surface area contributed by atoms with Crippen LogP contribution in [0.3, 0.4) is 0 Å². The lowest BCUT2D eigenvalue weighted by Crippen LogP contribution is -2.34. The van der Waals surface area contributed by atoms with E-state index in [9.17, 15) is 4.79 Å². The summed E-state index contributed by atoms with van der Waals surface area (Å²) in [5.74, 6) is 0.937. The summed E-state index contributed by atoms with van der Waals surface area (Å²) in [6, 6.07) is 0. The third-order valence-corrected chi connectivity index (χ3v) is 4.85. The molecule has 2 aromatic heterocycles. The largest absolute Gasteiger partial charge is 0.337 e. The fourth-order valence-corrected chi connectivity index (χ4v) is 3.74. The summed E-state index contributed by atoms with van der Waals surface area (Å²) >= 11 is 2.97. The van der Waals surface area contributed by atoms with Crippen molar-refractivity contribution >= 4 is 29.0 Å². The second-order valence-corrected chi connectivity index (χ2v) is 7.97. The smallest absolute Gasteiger partial charge is 0.233 e. The van der Waals surface area contributed by atoms with E-state index in [0.29, 0.717) is 18.2 Å². The molecule has 0 atom stereocenters. The number of aryl methyl sites for hydroxylation is 2. The van der Waals surface area contributed by atoms with Crippen molar-refractivity contribution in [3.05, 3.63) is 23.0 Å². The van der Waals surface area contributed by atoms with Crippen LogP contribution in [0.1, 0.15) is 24.4 Å². The number of nitrogens with zero attached hydrogens (tertiary/aromatic N) is 5. The van der Waals surface area contributed by atoms with Gasteiger partial charge < -0.3 is 4.90 Å². The van der Waals surface area contributed by atoms with E-state index in [2.05, 4.69) is 29.1 Å². The van der Waals surface area contributed by atoms with Gasteiger partial charge in [0, 0.05) is 31.9 Å². The molecule has 2 heterocycles. The summed E-state index contributed by atoms with van der Waals surface area (Å²) in [5, 5.41) is 13.1. The zero-order chi connectivity index (χ0) is 16.1. The first kappa shape index (κ1) is 17.0. The van der Waals surface area contributed by atoms with Gasteiger partial charge in [0.05, 0.1) is 11.9 Å². The van der Waals surface area contributed by atoms with Crippen LogP contribution in [0.15, 0.2) is 16.7 Å². The van der Waals surface area contributed by atoms with Crippen molar-refractivity contribution in [3.8, 4) is 0 Å². The van der Waals surface area contributed by atoms with Gasteiger partial charge in [-0.3, -0.25) is 9.48 Å². The lowest BCUT2D eigenvalue weighted by atomic mass is 10.2. The maximum Gasteiger partial charge on any atom is 0.233 e. The van der Waals surface area contributed by atoms with E-state index < -0.39 is 0 Å². The second kappa shape index (κ2) is 7.73. The normalized spacial score (nSPS) is 11.1. The first-order valence-corrected chi connectivity index (χ1v) is 8.92. The van der Waals surface area contributed by atoms with Crippen molar-refractivity contribution in [2.24, 2.45) is 13.0 Å². The van der Waals surface area contributed by atoms with Crippen molar-refractivity contribution in [1.29, 1.82) is 0 Å². The van der Waals surface area contributed by atoms with Crippen LogP contribution in [0.25, 0.3) is 0 Å². The summed E-state index contributed by atoms with van der Waals surface area (Å²) < 4.78 is 2.60. The molecule has 0 N–H and O–H groups in total. The summed E-state index contributed by atoms with van der Waals surface area (Å²) in [7, 11) is 1.88. The molecule has 0 aromatic carbocycles. The molecule has 6 nitrogen and oxygen atoms in total. The topological polar surface area (TPSA) is 63.9 Å². The molecule has 2 aromatic rings. The van der Waals surface area contributed by atoms with Crippen molar-refractivity contribution in [3.63, 3.8) is 0 Å². The Morgan fingerprint density at radius 1 is 1.45 bits per heavy atom. The van der Waals surface area contributed by atoms with Gasteiger partial charge in [-0.15, -0.1) is 10.2 Å². The third-order valence-electron chi connectivity index (χ3n) is 2.90. The van der Waals surface area contributed by atoms with Gasteiger partial charge in [-0.1, -0.05) is 36.9 Å². The number of thioether (sulfide) groups is 1. The number of hydrogen-bond donors (Lipinski definition) is 0. The minimum Gasteiger partial charge on any atom is -0.337 e. The van der Waals surface area contributed by atoms with E-state index >= 15 is 0 Å². The molecule has 0 radical (unpaired) electrons. The summed E-state index contributed by atoms with van der Waals surface area (Å²) in [4.78, 5) is 14.4. The molecule has 22 heavy (non-hydrogen) atoms. The Hall–Kier alpha value is -1.41. The van der Waals surface area contributed by atoms with Crippen LogP contribution in [0, 0.1) is 12.8 Å². The van der Waals surface area contributed by atoms with Gasteiger partial charge in [0.15, 0.2) is 4.34 Å². The van der Waals surface area contributed by atoms with E-state index in [4.69, 9.17) is 0 Å². The Labute approximate surface area is 138 Å². The van der Waals surface area contributed by atoms with E-state index in [0.717, 1.165) is 21.5 Å². The predicted octanol–water partition coefficient (Wildman–Crippen LogP) is 2.36. The quantitative estimate of drug-likeness (QED) is 0.725. The first-order valence-electron chi connectivity index (χ1n) is 7.12. The van der Waals surface area contributed by atoms with E-state index in [1.165, 1.54) is 23.1 Å². The molecule has 0 bridgehead atoms. The lowest BCUT2D eigenvalue weighted by molar-refractivity contribution is -0.129. The van der Waals surface area contributed by atoms with Gasteiger partial charge in [-0.05, 0) is 12.8 Å². The number of rotatable bonds is 7. The van der Waals surface area contributed by atoms with Crippen molar-refractivity contribution in [2.45, 2.75) is 31.7 Å². The third kappa shape index (κ3) is 5.10. The minimum atomic E-state index is 0.121. The molecular weight excluding hydrogens is 318 g/mol. The average molecular weight is 339 g/mol. The molecule has 0 saturated heterocycles. The molecule has 0 aliphatic rings. The standard InChI is InChI=1S/C14H21N5OS2/c1-10(2)6-19(8-12-5-15-18(4)7-12)13(20)9-21-14-17-16-11(3)22-14/h5,7,10H,6,8-9H2,1-4H3. The Morgan fingerprint density at radius 2 is 2.23 bits per heavy atom. The van der Waals surface area contributed by atoms with Crippen molar-refractivity contribution < 1.29 is 4.79 Å². The highest BCUT2D eigenvalue weighted by atomic mass is 32.2. The Bertz CT molecular complexity index is 622. The lowest BCUT2D eigenvalue weighted by Gasteiger charge is -2.23. The maximum absolute atomic E-state index is 12.5. The molecule has 2 rings (SSSR count). The van der Waals surface area contributed by atoms with Crippen molar-refractivity contribution in [2.75, 3.05) is 12.3 Å². The number of carbonyl (C=O) groups excluding carboxylic acids is 1. The van der Waals surface area contributed by atoms with Crippen LogP contribution in [0.5, 0.6) is 0 Å². The average Bonchev–Trinajstić information content (AvgIpc) is 3.03. The number of amides is 1. The van der Waals surface area contributed by atoms with Gasteiger partial charge in [-0.2, -0.15) is 5.10 Å². The van der Waals surface area contributed by atoms with Crippen molar-refractivity contribution in [1.82, 2.24) is 24.9 Å².